The Kier molecular flexibility index (Phi) is 23.0. The zero-order valence-corrected chi connectivity index (χ0v) is 22.6. The van der Waals surface area contributed by atoms with Crippen LogP contribution in [0.15, 0.2) is 0 Å². The van der Waals surface area contributed by atoms with E-state index < -0.39 is 18.3 Å². The number of amides is 4. The summed E-state index contributed by atoms with van der Waals surface area (Å²) in [4.78, 5) is 45.6. The smallest absolute Gasteiger partial charge is 0.407 e. The van der Waals surface area contributed by atoms with E-state index in [-0.39, 0.29) is 31.8 Å². The number of unbranched alkanes of at least 4 members (excludes halogenated alkanes) is 6. The van der Waals surface area contributed by atoms with Crippen LogP contribution in [0.1, 0.15) is 58.3 Å². The molecule has 0 radical (unpaired) electrons. The van der Waals surface area contributed by atoms with Gasteiger partial charge in [0.2, 0.25) is 5.91 Å². The van der Waals surface area contributed by atoms with E-state index in [1.165, 1.54) is 14.0 Å². The highest BCUT2D eigenvalue weighted by molar-refractivity contribution is 5.72. The first-order valence-corrected chi connectivity index (χ1v) is 12.9. The monoisotopic (exact) mass is 534 g/mol. The average molecular weight is 535 g/mol. The second-order valence-corrected chi connectivity index (χ2v) is 8.28. The SMILES string of the molecule is COCC(COC(=O)NCCCCCCNC(=O)OCCOC(=O)NCCCCCCNC(C)=O)OC. The van der Waals surface area contributed by atoms with Crippen LogP contribution in [0.2, 0.25) is 0 Å². The summed E-state index contributed by atoms with van der Waals surface area (Å²) in [5.41, 5.74) is 0. The summed E-state index contributed by atoms with van der Waals surface area (Å²) in [5.74, 6) is -0.0276. The quantitative estimate of drug-likeness (QED) is 0.120. The van der Waals surface area contributed by atoms with E-state index in [4.69, 9.17) is 23.7 Å². The molecule has 0 aromatic heterocycles. The summed E-state index contributed by atoms with van der Waals surface area (Å²) in [5, 5.41) is 10.7. The number of carbonyl (C=O) groups excluding carboxylic acids is 4. The van der Waals surface area contributed by atoms with Gasteiger partial charge in [0.25, 0.3) is 0 Å². The number of hydrogen-bond acceptors (Lipinski definition) is 9. The average Bonchev–Trinajstić information content (AvgIpc) is 2.87. The highest BCUT2D eigenvalue weighted by Crippen LogP contribution is 1.99. The minimum absolute atomic E-state index is 0.0239. The van der Waals surface area contributed by atoms with Gasteiger partial charge in [-0.05, 0) is 25.7 Å². The molecule has 0 fully saturated rings. The summed E-state index contributed by atoms with van der Waals surface area (Å²) >= 11 is 0. The Labute approximate surface area is 220 Å². The predicted molar refractivity (Wildman–Crippen MR) is 136 cm³/mol. The second kappa shape index (κ2) is 24.9. The molecule has 0 aliphatic carbocycles. The molecule has 4 N–H and O–H groups in total. The minimum Gasteiger partial charge on any atom is -0.447 e. The van der Waals surface area contributed by atoms with Gasteiger partial charge in [0.15, 0.2) is 0 Å². The third-order valence-corrected chi connectivity index (χ3v) is 5.02. The maximum atomic E-state index is 11.6. The van der Waals surface area contributed by atoms with Crippen LogP contribution in [0.5, 0.6) is 0 Å². The normalized spacial score (nSPS) is 11.2. The Morgan fingerprint density at radius 1 is 0.568 bits per heavy atom. The summed E-state index contributed by atoms with van der Waals surface area (Å²) in [7, 11) is 3.08. The van der Waals surface area contributed by atoms with Gasteiger partial charge < -0.3 is 45.0 Å². The van der Waals surface area contributed by atoms with Gasteiger partial charge in [-0.25, -0.2) is 14.4 Å². The molecular formula is C24H46N4O9. The molecule has 0 heterocycles. The first kappa shape index (κ1) is 34.2. The molecule has 0 aromatic rings. The Bertz CT molecular complexity index is 623. The van der Waals surface area contributed by atoms with Crippen molar-refractivity contribution in [3.8, 4) is 0 Å². The molecule has 0 bridgehead atoms. The number of methoxy groups -OCH3 is 2. The molecular weight excluding hydrogens is 488 g/mol. The van der Waals surface area contributed by atoms with Crippen molar-refractivity contribution >= 4 is 24.2 Å². The molecule has 13 nitrogen and oxygen atoms in total. The lowest BCUT2D eigenvalue weighted by Gasteiger charge is -2.14. The summed E-state index contributed by atoms with van der Waals surface area (Å²) < 4.78 is 25.0. The lowest BCUT2D eigenvalue weighted by Crippen LogP contribution is -2.31. The fourth-order valence-corrected chi connectivity index (χ4v) is 3.00. The van der Waals surface area contributed by atoms with E-state index in [2.05, 4.69) is 21.3 Å². The number of ether oxygens (including phenoxy) is 5. The molecule has 0 rings (SSSR count). The van der Waals surface area contributed by atoms with E-state index in [0.29, 0.717) is 32.8 Å². The third kappa shape index (κ3) is 24.7. The van der Waals surface area contributed by atoms with Crippen LogP contribution in [0, 0.1) is 0 Å². The minimum atomic E-state index is -0.560. The number of rotatable bonds is 22. The standard InChI is InChI=1S/C24H46N4O9/c1-20(29)25-12-8-4-5-9-13-26-22(30)35-16-17-36-23(31)27-14-10-6-7-11-15-28-24(32)37-19-21(34-3)18-33-2/h21H,4-19H2,1-3H3,(H,25,29)(H,26,30)(H,27,31)(H,28,32). The predicted octanol–water partition coefficient (Wildman–Crippen LogP) is 2.08. The molecule has 37 heavy (non-hydrogen) atoms. The molecule has 0 aliphatic rings. The van der Waals surface area contributed by atoms with Crippen molar-refractivity contribution in [2.45, 2.75) is 64.4 Å². The second-order valence-electron chi connectivity index (χ2n) is 8.28. The van der Waals surface area contributed by atoms with E-state index in [0.717, 1.165) is 51.4 Å². The van der Waals surface area contributed by atoms with Crippen molar-refractivity contribution in [2.24, 2.45) is 0 Å². The highest BCUT2D eigenvalue weighted by atomic mass is 16.6. The number of alkyl carbamates (subject to hydrolysis) is 3. The van der Waals surface area contributed by atoms with Crippen LogP contribution in [-0.2, 0) is 28.5 Å². The van der Waals surface area contributed by atoms with Crippen LogP contribution < -0.4 is 21.3 Å². The molecule has 0 aliphatic heterocycles. The fraction of sp³-hybridized carbons (Fsp3) is 0.833. The summed E-state index contributed by atoms with van der Waals surface area (Å²) in [6.45, 7) is 4.06. The van der Waals surface area contributed by atoms with Gasteiger partial charge in [0.1, 0.15) is 25.9 Å². The fourth-order valence-electron chi connectivity index (χ4n) is 3.00. The first-order chi connectivity index (χ1) is 17.9. The van der Waals surface area contributed by atoms with Gasteiger partial charge in [-0.1, -0.05) is 25.7 Å². The van der Waals surface area contributed by atoms with Crippen molar-refractivity contribution in [3.63, 3.8) is 0 Å². The Morgan fingerprint density at radius 2 is 0.973 bits per heavy atom. The van der Waals surface area contributed by atoms with Crippen molar-refractivity contribution in [1.82, 2.24) is 21.3 Å². The van der Waals surface area contributed by atoms with Crippen molar-refractivity contribution in [3.05, 3.63) is 0 Å². The third-order valence-electron chi connectivity index (χ3n) is 5.02. The molecule has 1 unspecified atom stereocenters. The lowest BCUT2D eigenvalue weighted by molar-refractivity contribution is -0.118. The molecule has 13 heteroatoms. The molecule has 0 saturated carbocycles. The maximum Gasteiger partial charge on any atom is 0.407 e. The van der Waals surface area contributed by atoms with Gasteiger partial charge >= 0.3 is 18.3 Å². The van der Waals surface area contributed by atoms with E-state index >= 15 is 0 Å². The zero-order valence-electron chi connectivity index (χ0n) is 22.6. The van der Waals surface area contributed by atoms with Crippen molar-refractivity contribution in [2.75, 3.05) is 66.8 Å². The van der Waals surface area contributed by atoms with Gasteiger partial charge in [-0.2, -0.15) is 0 Å². The van der Waals surface area contributed by atoms with Crippen LogP contribution in [0.4, 0.5) is 14.4 Å². The van der Waals surface area contributed by atoms with E-state index in [9.17, 15) is 19.2 Å². The van der Waals surface area contributed by atoms with Gasteiger partial charge in [0.05, 0.1) is 6.61 Å². The van der Waals surface area contributed by atoms with Gasteiger partial charge in [-0.15, -0.1) is 0 Å². The Balaban J connectivity index is 3.45. The molecule has 0 spiro atoms. The number of nitrogens with one attached hydrogen (secondary N) is 4. The summed E-state index contributed by atoms with van der Waals surface area (Å²) in [6.07, 6.45) is 5.11. The first-order valence-electron chi connectivity index (χ1n) is 12.9. The molecule has 216 valence electrons. The lowest BCUT2D eigenvalue weighted by atomic mass is 10.2. The Hall–Kier alpha value is -2.80. The van der Waals surface area contributed by atoms with Gasteiger partial charge in [0, 0.05) is 47.3 Å². The van der Waals surface area contributed by atoms with Crippen LogP contribution in [0.3, 0.4) is 0 Å². The number of hydrogen-bond donors (Lipinski definition) is 4. The molecule has 0 aromatic carbocycles. The summed E-state index contributed by atoms with van der Waals surface area (Å²) in [6, 6.07) is 0. The van der Waals surface area contributed by atoms with Crippen LogP contribution in [-0.4, -0.2) is 97.1 Å². The van der Waals surface area contributed by atoms with Crippen molar-refractivity contribution < 1.29 is 42.9 Å². The van der Waals surface area contributed by atoms with Crippen LogP contribution >= 0.6 is 0 Å². The highest BCUT2D eigenvalue weighted by Gasteiger charge is 2.10. The molecule has 1 atom stereocenters. The Morgan fingerprint density at radius 3 is 1.35 bits per heavy atom. The topological polar surface area (TPSA) is 163 Å². The van der Waals surface area contributed by atoms with E-state index in [1.54, 1.807) is 7.11 Å². The number of carbonyl (C=O) groups is 4. The van der Waals surface area contributed by atoms with Gasteiger partial charge in [-0.3, -0.25) is 4.79 Å². The van der Waals surface area contributed by atoms with Crippen molar-refractivity contribution in [1.29, 1.82) is 0 Å². The molecule has 0 saturated heterocycles. The molecule has 4 amide bonds. The maximum absolute atomic E-state index is 11.6. The zero-order chi connectivity index (χ0) is 27.6. The van der Waals surface area contributed by atoms with Crippen LogP contribution in [0.25, 0.3) is 0 Å². The van der Waals surface area contributed by atoms with E-state index in [1.807, 2.05) is 0 Å². The largest absolute Gasteiger partial charge is 0.447 e.